The number of amides is 3. The SMILES string of the molecule is COc1ccc2c(c1)CCN(C1CCN(c3ncnc(C(=O)N4CCc5cc(F)ccc54)c3C)CC1)C(=O)N2. The van der Waals surface area contributed by atoms with Crippen LogP contribution in [0.1, 0.15) is 40.0 Å². The summed E-state index contributed by atoms with van der Waals surface area (Å²) in [7, 11) is 1.64. The highest BCUT2D eigenvalue weighted by molar-refractivity contribution is 6.07. The zero-order chi connectivity index (χ0) is 27.1. The van der Waals surface area contributed by atoms with Gasteiger partial charge in [0.15, 0.2) is 0 Å². The third kappa shape index (κ3) is 4.64. The predicted octanol–water partition coefficient (Wildman–Crippen LogP) is 4.19. The second-order valence-corrected chi connectivity index (χ2v) is 10.3. The molecule has 3 aliphatic rings. The Labute approximate surface area is 226 Å². The third-order valence-electron chi connectivity index (χ3n) is 8.08. The van der Waals surface area contributed by atoms with Gasteiger partial charge in [-0.2, -0.15) is 0 Å². The Kier molecular flexibility index (Phi) is 6.54. The number of fused-ring (bicyclic) bond motifs is 2. The van der Waals surface area contributed by atoms with E-state index in [0.29, 0.717) is 38.3 Å². The van der Waals surface area contributed by atoms with Crippen LogP contribution in [0.15, 0.2) is 42.7 Å². The molecule has 1 aromatic heterocycles. The first-order valence-electron chi connectivity index (χ1n) is 13.3. The van der Waals surface area contributed by atoms with Gasteiger partial charge in [-0.15, -0.1) is 0 Å². The number of aromatic nitrogens is 2. The van der Waals surface area contributed by atoms with E-state index >= 15 is 0 Å². The number of hydrogen-bond acceptors (Lipinski definition) is 6. The number of rotatable bonds is 4. The van der Waals surface area contributed by atoms with Crippen LogP contribution >= 0.6 is 0 Å². The zero-order valence-electron chi connectivity index (χ0n) is 22.1. The summed E-state index contributed by atoms with van der Waals surface area (Å²) in [4.78, 5) is 41.2. The summed E-state index contributed by atoms with van der Waals surface area (Å²) in [6.45, 7) is 4.45. The molecule has 6 rings (SSSR count). The smallest absolute Gasteiger partial charge is 0.322 e. The maximum atomic E-state index is 13.7. The molecule has 0 saturated carbocycles. The fourth-order valence-electron chi connectivity index (χ4n) is 5.98. The molecule has 4 heterocycles. The first kappa shape index (κ1) is 25.1. The van der Waals surface area contributed by atoms with Gasteiger partial charge in [-0.1, -0.05) is 0 Å². The van der Waals surface area contributed by atoms with E-state index in [-0.39, 0.29) is 23.8 Å². The Bertz CT molecular complexity index is 1440. The molecule has 0 aliphatic carbocycles. The van der Waals surface area contributed by atoms with Crippen LogP contribution in [0.2, 0.25) is 0 Å². The van der Waals surface area contributed by atoms with Crippen molar-refractivity contribution in [2.45, 2.75) is 38.6 Å². The van der Waals surface area contributed by atoms with Crippen LogP contribution < -0.4 is 19.9 Å². The number of nitrogens with one attached hydrogen (secondary N) is 1. The molecule has 202 valence electrons. The third-order valence-corrected chi connectivity index (χ3v) is 8.08. The van der Waals surface area contributed by atoms with Crippen molar-refractivity contribution >= 4 is 29.1 Å². The summed E-state index contributed by atoms with van der Waals surface area (Å²) in [5, 5.41) is 3.06. The van der Waals surface area contributed by atoms with Gasteiger partial charge in [-0.3, -0.25) is 4.79 Å². The van der Waals surface area contributed by atoms with Gasteiger partial charge >= 0.3 is 6.03 Å². The first-order chi connectivity index (χ1) is 18.9. The molecule has 0 radical (unpaired) electrons. The van der Waals surface area contributed by atoms with Crippen molar-refractivity contribution in [1.29, 1.82) is 0 Å². The van der Waals surface area contributed by atoms with Gasteiger partial charge in [0.1, 0.15) is 29.4 Å². The highest BCUT2D eigenvalue weighted by Gasteiger charge is 2.33. The summed E-state index contributed by atoms with van der Waals surface area (Å²) in [6.07, 6.45) is 4.41. The lowest BCUT2D eigenvalue weighted by molar-refractivity contribution is 0.0983. The van der Waals surface area contributed by atoms with E-state index in [9.17, 15) is 14.0 Å². The maximum absolute atomic E-state index is 13.7. The number of carbonyl (C=O) groups is 2. The minimum absolute atomic E-state index is 0.0748. The number of hydrogen-bond donors (Lipinski definition) is 1. The maximum Gasteiger partial charge on any atom is 0.322 e. The van der Waals surface area contributed by atoms with Gasteiger partial charge in [0.2, 0.25) is 0 Å². The average Bonchev–Trinajstić information content (AvgIpc) is 3.29. The number of nitrogens with zero attached hydrogens (tertiary/aromatic N) is 5. The summed E-state index contributed by atoms with van der Waals surface area (Å²) < 4.78 is 19.0. The van der Waals surface area contributed by atoms with Crippen LogP contribution in [-0.4, -0.2) is 66.1 Å². The van der Waals surface area contributed by atoms with Crippen LogP contribution in [-0.2, 0) is 12.8 Å². The lowest BCUT2D eigenvalue weighted by atomic mass is 10.0. The molecular formula is C29H31FN6O3. The second-order valence-electron chi connectivity index (χ2n) is 10.3. The number of urea groups is 1. The molecule has 0 spiro atoms. The Morgan fingerprint density at radius 1 is 1.03 bits per heavy atom. The Balaban J connectivity index is 1.14. The van der Waals surface area contributed by atoms with Crippen molar-refractivity contribution in [3.05, 3.63) is 70.9 Å². The predicted molar refractivity (Wildman–Crippen MR) is 146 cm³/mol. The molecular weight excluding hydrogens is 499 g/mol. The van der Waals surface area contributed by atoms with Gasteiger partial charge in [0, 0.05) is 49.2 Å². The Hall–Kier alpha value is -4.21. The number of benzene rings is 2. The molecule has 39 heavy (non-hydrogen) atoms. The molecule has 0 bridgehead atoms. The molecule has 9 nitrogen and oxygen atoms in total. The zero-order valence-corrected chi connectivity index (χ0v) is 22.1. The normalized spacial score (nSPS) is 17.4. The van der Waals surface area contributed by atoms with Gasteiger partial charge < -0.3 is 24.8 Å². The summed E-state index contributed by atoms with van der Waals surface area (Å²) >= 11 is 0. The van der Waals surface area contributed by atoms with Crippen molar-refractivity contribution in [3.8, 4) is 5.75 Å². The van der Waals surface area contributed by atoms with Crippen LogP contribution in [0.4, 0.5) is 26.4 Å². The van der Waals surface area contributed by atoms with Gasteiger partial charge in [-0.05, 0) is 80.1 Å². The molecule has 0 atom stereocenters. The molecule has 3 amide bonds. The molecule has 3 aliphatic heterocycles. The summed E-state index contributed by atoms with van der Waals surface area (Å²) in [5.41, 5.74) is 4.56. The number of halogens is 1. The summed E-state index contributed by atoms with van der Waals surface area (Å²) in [6, 6.07) is 10.3. The number of anilines is 3. The number of methoxy groups -OCH3 is 1. The van der Waals surface area contributed by atoms with E-state index in [0.717, 1.165) is 58.9 Å². The highest BCUT2D eigenvalue weighted by Crippen LogP contribution is 2.32. The average molecular weight is 531 g/mol. The highest BCUT2D eigenvalue weighted by atomic mass is 19.1. The van der Waals surface area contributed by atoms with Crippen molar-refractivity contribution in [2.24, 2.45) is 0 Å². The number of carbonyl (C=O) groups excluding carboxylic acids is 2. The molecule has 2 aromatic carbocycles. The van der Waals surface area contributed by atoms with Crippen LogP contribution in [0.3, 0.4) is 0 Å². The van der Waals surface area contributed by atoms with Gasteiger partial charge in [0.25, 0.3) is 5.91 Å². The topological polar surface area (TPSA) is 90.9 Å². The minimum Gasteiger partial charge on any atom is -0.497 e. The Morgan fingerprint density at radius 2 is 1.82 bits per heavy atom. The van der Waals surface area contributed by atoms with E-state index in [1.54, 1.807) is 18.1 Å². The lowest BCUT2D eigenvalue weighted by Crippen LogP contribution is -2.49. The fourth-order valence-corrected chi connectivity index (χ4v) is 5.98. The van der Waals surface area contributed by atoms with E-state index in [4.69, 9.17) is 4.74 Å². The van der Waals surface area contributed by atoms with Gasteiger partial charge in [0.05, 0.1) is 7.11 Å². The number of piperidine rings is 1. The van der Waals surface area contributed by atoms with E-state index < -0.39 is 0 Å². The molecule has 1 saturated heterocycles. The van der Waals surface area contributed by atoms with Crippen LogP contribution in [0.5, 0.6) is 5.75 Å². The summed E-state index contributed by atoms with van der Waals surface area (Å²) in [5.74, 6) is 1.03. The molecule has 1 N–H and O–H groups in total. The lowest BCUT2D eigenvalue weighted by Gasteiger charge is -2.38. The molecule has 0 unspecified atom stereocenters. The largest absolute Gasteiger partial charge is 0.497 e. The van der Waals surface area contributed by atoms with Crippen molar-refractivity contribution in [3.63, 3.8) is 0 Å². The van der Waals surface area contributed by atoms with Crippen molar-refractivity contribution in [1.82, 2.24) is 14.9 Å². The van der Waals surface area contributed by atoms with Gasteiger partial charge in [-0.25, -0.2) is 19.2 Å². The van der Waals surface area contributed by atoms with E-state index in [1.165, 1.54) is 18.5 Å². The Morgan fingerprint density at radius 3 is 2.62 bits per heavy atom. The molecule has 1 fully saturated rings. The number of ether oxygens (including phenoxy) is 1. The monoisotopic (exact) mass is 530 g/mol. The van der Waals surface area contributed by atoms with Crippen LogP contribution in [0, 0.1) is 12.7 Å². The first-order valence-corrected chi connectivity index (χ1v) is 13.3. The van der Waals surface area contributed by atoms with Crippen molar-refractivity contribution < 1.29 is 18.7 Å². The van der Waals surface area contributed by atoms with E-state index in [1.807, 2.05) is 30.0 Å². The fraction of sp³-hybridized carbons (Fsp3) is 0.379. The molecule has 10 heteroatoms. The standard InChI is InChI=1S/C29H31FN6O3/c1-18-26(28(37)36-14-8-20-15-21(30)3-6-25(20)36)31-17-32-27(18)34-11-9-22(10-12-34)35-13-7-19-16-23(39-2)4-5-24(19)33-29(35)38/h3-6,15-17,22H,7-14H2,1-2H3,(H,33,38). The second kappa shape index (κ2) is 10.2. The minimum atomic E-state index is -0.297. The van der Waals surface area contributed by atoms with E-state index in [2.05, 4.69) is 20.2 Å². The van der Waals surface area contributed by atoms with Crippen molar-refractivity contribution in [2.75, 3.05) is 48.4 Å². The van der Waals surface area contributed by atoms with Crippen LogP contribution in [0.25, 0.3) is 0 Å². The quantitative estimate of drug-likeness (QED) is 0.544. The molecule has 3 aromatic rings.